The third kappa shape index (κ3) is 3.30. The third-order valence-electron chi connectivity index (χ3n) is 4.09. The molecule has 1 saturated heterocycles. The molecule has 0 bridgehead atoms. The van der Waals surface area contributed by atoms with E-state index < -0.39 is 0 Å². The molecule has 19 heavy (non-hydrogen) atoms. The van der Waals surface area contributed by atoms with E-state index >= 15 is 0 Å². The lowest BCUT2D eigenvalue weighted by Crippen LogP contribution is -2.23. The molecule has 106 valence electrons. The van der Waals surface area contributed by atoms with E-state index in [4.69, 9.17) is 5.73 Å². The van der Waals surface area contributed by atoms with E-state index in [-0.39, 0.29) is 5.78 Å². The van der Waals surface area contributed by atoms with Crippen LogP contribution in [0.2, 0.25) is 0 Å². The molecule has 2 rings (SSSR count). The molecule has 0 amide bonds. The molecule has 2 N–H and O–H groups in total. The van der Waals surface area contributed by atoms with E-state index in [2.05, 4.69) is 18.7 Å². The first kappa shape index (κ1) is 14.4. The number of anilines is 2. The largest absolute Gasteiger partial charge is 0.397 e. The molecule has 1 unspecified atom stereocenters. The quantitative estimate of drug-likeness (QED) is 0.857. The minimum Gasteiger partial charge on any atom is -0.397 e. The van der Waals surface area contributed by atoms with Crippen LogP contribution in [0.1, 0.15) is 49.7 Å². The van der Waals surface area contributed by atoms with Crippen molar-refractivity contribution in [2.24, 2.45) is 11.8 Å². The number of hydrogen-bond acceptors (Lipinski definition) is 4. The van der Waals surface area contributed by atoms with Gasteiger partial charge < -0.3 is 10.6 Å². The van der Waals surface area contributed by atoms with Crippen LogP contribution in [0.25, 0.3) is 0 Å². The number of ketones is 1. The smallest absolute Gasteiger partial charge is 0.171 e. The average molecular weight is 280 g/mol. The van der Waals surface area contributed by atoms with Gasteiger partial charge >= 0.3 is 0 Å². The van der Waals surface area contributed by atoms with Crippen molar-refractivity contribution in [1.29, 1.82) is 0 Å². The first-order chi connectivity index (χ1) is 8.99. The van der Waals surface area contributed by atoms with Gasteiger partial charge in [0.1, 0.15) is 0 Å². The van der Waals surface area contributed by atoms with Gasteiger partial charge in [-0.25, -0.2) is 0 Å². The Balaban J connectivity index is 2.10. The monoisotopic (exact) mass is 280 g/mol. The number of rotatable bonds is 3. The Kier molecular flexibility index (Phi) is 4.50. The molecule has 0 spiro atoms. The van der Waals surface area contributed by atoms with E-state index in [0.717, 1.165) is 29.9 Å². The number of nitrogens with zero attached hydrogens (tertiary/aromatic N) is 1. The van der Waals surface area contributed by atoms with Crippen molar-refractivity contribution in [1.82, 2.24) is 0 Å². The molecule has 1 fully saturated rings. The van der Waals surface area contributed by atoms with Crippen LogP contribution in [0.3, 0.4) is 0 Å². The van der Waals surface area contributed by atoms with Gasteiger partial charge in [-0.2, -0.15) is 0 Å². The number of thiophene rings is 1. The molecule has 4 heteroatoms. The van der Waals surface area contributed by atoms with Crippen molar-refractivity contribution in [2.75, 3.05) is 23.7 Å². The molecule has 1 atom stereocenters. The summed E-state index contributed by atoms with van der Waals surface area (Å²) in [5.74, 6) is 1.67. The molecule has 0 aliphatic carbocycles. The van der Waals surface area contributed by atoms with E-state index in [9.17, 15) is 4.79 Å². The van der Waals surface area contributed by atoms with Gasteiger partial charge in [0.2, 0.25) is 0 Å². The molecule has 0 aromatic carbocycles. The predicted octanol–water partition coefficient (Wildman–Crippen LogP) is 3.80. The summed E-state index contributed by atoms with van der Waals surface area (Å²) < 4.78 is 0. The van der Waals surface area contributed by atoms with Gasteiger partial charge in [0.25, 0.3) is 0 Å². The van der Waals surface area contributed by atoms with Crippen LogP contribution in [0.15, 0.2) is 6.07 Å². The van der Waals surface area contributed by atoms with E-state index in [1.165, 1.54) is 19.3 Å². The fourth-order valence-electron chi connectivity index (χ4n) is 2.83. The molecule has 1 aliphatic rings. The fraction of sp³-hybridized carbons (Fsp3) is 0.667. The highest BCUT2D eigenvalue weighted by molar-refractivity contribution is 7.18. The van der Waals surface area contributed by atoms with Gasteiger partial charge in [0, 0.05) is 20.0 Å². The molecule has 0 radical (unpaired) electrons. The summed E-state index contributed by atoms with van der Waals surface area (Å²) in [5, 5.41) is 1.16. The lowest BCUT2D eigenvalue weighted by atomic mass is 9.89. The molecule has 1 aromatic heterocycles. The van der Waals surface area contributed by atoms with E-state index in [1.807, 2.05) is 6.07 Å². The van der Waals surface area contributed by atoms with Gasteiger partial charge in [-0.1, -0.05) is 13.8 Å². The van der Waals surface area contributed by atoms with Gasteiger partial charge in [0.05, 0.1) is 15.6 Å². The van der Waals surface area contributed by atoms with Crippen molar-refractivity contribution in [3.63, 3.8) is 0 Å². The summed E-state index contributed by atoms with van der Waals surface area (Å²) in [5.41, 5.74) is 6.56. The Morgan fingerprint density at radius 2 is 2.16 bits per heavy atom. The van der Waals surface area contributed by atoms with Crippen molar-refractivity contribution < 1.29 is 4.79 Å². The summed E-state index contributed by atoms with van der Waals surface area (Å²) in [6.07, 6.45) is 3.79. The van der Waals surface area contributed by atoms with Gasteiger partial charge in [-0.3, -0.25) is 4.79 Å². The molecule has 3 nitrogen and oxygen atoms in total. The second-order valence-corrected chi connectivity index (χ2v) is 6.88. The van der Waals surface area contributed by atoms with Crippen LogP contribution < -0.4 is 10.6 Å². The Hall–Kier alpha value is -1.03. The Morgan fingerprint density at radius 1 is 1.42 bits per heavy atom. The lowest BCUT2D eigenvalue weighted by molar-refractivity contribution is 0.102. The average Bonchev–Trinajstić information content (AvgIpc) is 2.59. The molecule has 2 heterocycles. The van der Waals surface area contributed by atoms with Crippen molar-refractivity contribution >= 4 is 27.8 Å². The van der Waals surface area contributed by atoms with Crippen LogP contribution in [-0.4, -0.2) is 18.9 Å². The van der Waals surface area contributed by atoms with Crippen LogP contribution >= 0.6 is 11.3 Å². The standard InChI is InChI=1S/C15H24N2OS/c1-10(2)12-5-4-7-17(8-6-12)14-9-13(16)15(19-14)11(3)18/h9-10,12H,4-8,16H2,1-3H3. The van der Waals surface area contributed by atoms with Crippen molar-refractivity contribution in [3.05, 3.63) is 10.9 Å². The van der Waals surface area contributed by atoms with Crippen LogP contribution in [0.4, 0.5) is 10.7 Å². The minimum atomic E-state index is 0.0728. The zero-order valence-corrected chi connectivity index (χ0v) is 12.9. The number of carbonyl (C=O) groups is 1. The van der Waals surface area contributed by atoms with Crippen LogP contribution in [0.5, 0.6) is 0 Å². The van der Waals surface area contributed by atoms with E-state index in [0.29, 0.717) is 10.6 Å². The SMILES string of the molecule is CC(=O)c1sc(N2CCCC(C(C)C)CC2)cc1N. The molecule has 0 saturated carbocycles. The summed E-state index contributed by atoms with van der Waals surface area (Å²) in [7, 11) is 0. The molecular weight excluding hydrogens is 256 g/mol. The molecular formula is C15H24N2OS. The van der Waals surface area contributed by atoms with Crippen LogP contribution in [0, 0.1) is 11.8 Å². The van der Waals surface area contributed by atoms with Crippen LogP contribution in [-0.2, 0) is 0 Å². The van der Waals surface area contributed by atoms with Gasteiger partial charge in [0.15, 0.2) is 5.78 Å². The fourth-order valence-corrected chi connectivity index (χ4v) is 3.86. The number of hydrogen-bond donors (Lipinski definition) is 1. The Bertz CT molecular complexity index is 453. The summed E-state index contributed by atoms with van der Waals surface area (Å²) in [4.78, 5) is 14.6. The van der Waals surface area contributed by atoms with Gasteiger partial charge in [-0.05, 0) is 37.2 Å². The Labute approximate surface area is 119 Å². The number of nitrogen functional groups attached to an aromatic ring is 1. The maximum atomic E-state index is 11.5. The molecule has 1 aliphatic heterocycles. The topological polar surface area (TPSA) is 46.3 Å². The normalized spacial score (nSPS) is 20.6. The summed E-state index contributed by atoms with van der Waals surface area (Å²) >= 11 is 1.54. The maximum absolute atomic E-state index is 11.5. The number of Topliss-reactive ketones (excluding diaryl/α,β-unsaturated/α-hetero) is 1. The molecule has 1 aromatic rings. The first-order valence-corrected chi connectivity index (χ1v) is 7.96. The zero-order valence-electron chi connectivity index (χ0n) is 12.1. The highest BCUT2D eigenvalue weighted by Gasteiger charge is 2.21. The second-order valence-electron chi connectivity index (χ2n) is 5.85. The first-order valence-electron chi connectivity index (χ1n) is 7.14. The third-order valence-corrected chi connectivity index (χ3v) is 5.41. The number of nitrogens with two attached hydrogens (primary N) is 1. The van der Waals surface area contributed by atoms with E-state index in [1.54, 1.807) is 18.3 Å². The van der Waals surface area contributed by atoms with Crippen molar-refractivity contribution in [3.8, 4) is 0 Å². The summed E-state index contributed by atoms with van der Waals surface area (Å²) in [6.45, 7) is 8.39. The lowest BCUT2D eigenvalue weighted by Gasteiger charge is -2.21. The van der Waals surface area contributed by atoms with Gasteiger partial charge in [-0.15, -0.1) is 11.3 Å². The predicted molar refractivity (Wildman–Crippen MR) is 83.1 cm³/mol. The Morgan fingerprint density at radius 3 is 2.74 bits per heavy atom. The van der Waals surface area contributed by atoms with Crippen molar-refractivity contribution in [2.45, 2.75) is 40.0 Å². The zero-order chi connectivity index (χ0) is 14.0. The highest BCUT2D eigenvalue weighted by atomic mass is 32.1. The second kappa shape index (κ2) is 5.95. The number of carbonyl (C=O) groups excluding carboxylic acids is 1. The summed E-state index contributed by atoms with van der Waals surface area (Å²) in [6, 6.07) is 1.97. The minimum absolute atomic E-state index is 0.0728. The maximum Gasteiger partial charge on any atom is 0.171 e. The highest BCUT2D eigenvalue weighted by Crippen LogP contribution is 2.35.